The van der Waals surface area contributed by atoms with E-state index in [-0.39, 0.29) is 6.10 Å². The zero-order valence-corrected chi connectivity index (χ0v) is 9.19. The summed E-state index contributed by atoms with van der Waals surface area (Å²) in [6.45, 7) is 4.17. The first kappa shape index (κ1) is 11.6. The van der Waals surface area contributed by atoms with Crippen LogP contribution in [0.15, 0.2) is 24.3 Å². The summed E-state index contributed by atoms with van der Waals surface area (Å²) in [4.78, 5) is 10.4. The summed E-state index contributed by atoms with van der Waals surface area (Å²) in [5.74, 6) is 0.735. The second kappa shape index (κ2) is 6.06. The standard InChI is InChI=1S/C12H17NO2/c1-3-10(4-2)15-12-8-6-5-7-11(12)13-9-14/h5-10H,3-4H2,1-2H3,(H,13,14). The van der Waals surface area contributed by atoms with Crippen LogP contribution in [0.4, 0.5) is 5.69 Å². The molecule has 0 radical (unpaired) electrons. The summed E-state index contributed by atoms with van der Waals surface area (Å²) in [6, 6.07) is 7.45. The van der Waals surface area contributed by atoms with Gasteiger partial charge in [0.25, 0.3) is 0 Å². The van der Waals surface area contributed by atoms with Gasteiger partial charge in [0.15, 0.2) is 0 Å². The minimum absolute atomic E-state index is 0.208. The molecule has 0 fully saturated rings. The lowest BCUT2D eigenvalue weighted by molar-refractivity contribution is -0.105. The van der Waals surface area contributed by atoms with E-state index >= 15 is 0 Å². The van der Waals surface area contributed by atoms with Gasteiger partial charge in [-0.2, -0.15) is 0 Å². The van der Waals surface area contributed by atoms with E-state index in [9.17, 15) is 4.79 Å². The summed E-state index contributed by atoms with van der Waals surface area (Å²) in [7, 11) is 0. The lowest BCUT2D eigenvalue weighted by atomic mass is 10.2. The summed E-state index contributed by atoms with van der Waals surface area (Å²) in [5.41, 5.74) is 0.722. The topological polar surface area (TPSA) is 38.3 Å². The second-order valence-electron chi connectivity index (χ2n) is 3.31. The Balaban J connectivity index is 2.78. The summed E-state index contributed by atoms with van der Waals surface area (Å²) in [6.07, 6.45) is 2.80. The van der Waals surface area contributed by atoms with Crippen molar-refractivity contribution < 1.29 is 9.53 Å². The van der Waals surface area contributed by atoms with Crippen LogP contribution >= 0.6 is 0 Å². The second-order valence-corrected chi connectivity index (χ2v) is 3.31. The average Bonchev–Trinajstić information content (AvgIpc) is 2.28. The van der Waals surface area contributed by atoms with Crippen LogP contribution in [0, 0.1) is 0 Å². The SMILES string of the molecule is CCC(CC)Oc1ccccc1NC=O. The zero-order valence-electron chi connectivity index (χ0n) is 9.19. The predicted octanol–water partition coefficient (Wildman–Crippen LogP) is 2.82. The molecule has 0 unspecified atom stereocenters. The third-order valence-corrected chi connectivity index (χ3v) is 2.31. The molecule has 0 heterocycles. The predicted molar refractivity (Wildman–Crippen MR) is 61.1 cm³/mol. The Morgan fingerprint density at radius 1 is 1.33 bits per heavy atom. The van der Waals surface area contributed by atoms with Gasteiger partial charge in [-0.25, -0.2) is 0 Å². The van der Waals surface area contributed by atoms with Gasteiger partial charge >= 0.3 is 0 Å². The molecule has 1 aromatic carbocycles. The number of hydrogen-bond donors (Lipinski definition) is 1. The van der Waals surface area contributed by atoms with Gasteiger partial charge in [-0.3, -0.25) is 4.79 Å². The van der Waals surface area contributed by atoms with E-state index < -0.39 is 0 Å². The first-order chi connectivity index (χ1) is 7.31. The minimum Gasteiger partial charge on any atom is -0.488 e. The van der Waals surface area contributed by atoms with Crippen molar-refractivity contribution in [1.82, 2.24) is 0 Å². The minimum atomic E-state index is 0.208. The molecular formula is C12H17NO2. The maximum atomic E-state index is 10.4. The highest BCUT2D eigenvalue weighted by Gasteiger charge is 2.08. The van der Waals surface area contributed by atoms with Crippen molar-refractivity contribution in [3.8, 4) is 5.75 Å². The third kappa shape index (κ3) is 3.27. The highest BCUT2D eigenvalue weighted by atomic mass is 16.5. The zero-order chi connectivity index (χ0) is 11.1. The van der Waals surface area contributed by atoms with Gasteiger partial charge in [0.2, 0.25) is 6.41 Å². The number of nitrogens with one attached hydrogen (secondary N) is 1. The van der Waals surface area contributed by atoms with Crippen molar-refractivity contribution >= 4 is 12.1 Å². The van der Waals surface area contributed by atoms with Crippen LogP contribution in [-0.4, -0.2) is 12.5 Å². The van der Waals surface area contributed by atoms with Crippen molar-refractivity contribution in [2.45, 2.75) is 32.8 Å². The molecule has 1 rings (SSSR count). The molecule has 1 N–H and O–H groups in total. The first-order valence-corrected chi connectivity index (χ1v) is 5.27. The number of carbonyl (C=O) groups excluding carboxylic acids is 1. The Kier molecular flexibility index (Phi) is 4.68. The fourth-order valence-corrected chi connectivity index (χ4v) is 1.39. The van der Waals surface area contributed by atoms with Gasteiger partial charge in [0.1, 0.15) is 5.75 Å². The summed E-state index contributed by atoms with van der Waals surface area (Å²) < 4.78 is 5.78. The number of ether oxygens (including phenoxy) is 1. The summed E-state index contributed by atoms with van der Waals surface area (Å²) >= 11 is 0. The number of carbonyl (C=O) groups is 1. The first-order valence-electron chi connectivity index (χ1n) is 5.27. The quantitative estimate of drug-likeness (QED) is 0.728. The van der Waals surface area contributed by atoms with Crippen LogP contribution in [0.1, 0.15) is 26.7 Å². The molecule has 0 aromatic heterocycles. The molecule has 82 valence electrons. The highest BCUT2D eigenvalue weighted by Crippen LogP contribution is 2.25. The number of amides is 1. The van der Waals surface area contributed by atoms with Crippen molar-refractivity contribution in [2.75, 3.05) is 5.32 Å². The Bertz CT molecular complexity index is 308. The fraction of sp³-hybridized carbons (Fsp3) is 0.417. The number of benzene rings is 1. The molecule has 3 nitrogen and oxygen atoms in total. The third-order valence-electron chi connectivity index (χ3n) is 2.31. The Hall–Kier alpha value is -1.51. The van der Waals surface area contributed by atoms with Crippen LogP contribution in [0.5, 0.6) is 5.75 Å². The van der Waals surface area contributed by atoms with E-state index in [4.69, 9.17) is 4.74 Å². The molecular weight excluding hydrogens is 190 g/mol. The lowest BCUT2D eigenvalue weighted by Gasteiger charge is -2.17. The monoisotopic (exact) mass is 207 g/mol. The van der Waals surface area contributed by atoms with Crippen LogP contribution in [0.3, 0.4) is 0 Å². The van der Waals surface area contributed by atoms with Crippen LogP contribution in [0.25, 0.3) is 0 Å². The normalized spacial score (nSPS) is 10.1. The van der Waals surface area contributed by atoms with Gasteiger partial charge in [0.05, 0.1) is 11.8 Å². The van der Waals surface area contributed by atoms with Crippen molar-refractivity contribution in [1.29, 1.82) is 0 Å². The molecule has 0 saturated heterocycles. The van der Waals surface area contributed by atoms with Crippen molar-refractivity contribution in [2.24, 2.45) is 0 Å². The van der Waals surface area contributed by atoms with Crippen LogP contribution in [-0.2, 0) is 4.79 Å². The van der Waals surface area contributed by atoms with E-state index in [2.05, 4.69) is 19.2 Å². The van der Waals surface area contributed by atoms with Crippen LogP contribution < -0.4 is 10.1 Å². The van der Waals surface area contributed by atoms with Crippen molar-refractivity contribution in [3.63, 3.8) is 0 Å². The largest absolute Gasteiger partial charge is 0.488 e. The average molecular weight is 207 g/mol. The maximum Gasteiger partial charge on any atom is 0.211 e. The number of para-hydroxylation sites is 2. The molecule has 15 heavy (non-hydrogen) atoms. The number of rotatable bonds is 6. The molecule has 0 aliphatic carbocycles. The van der Waals surface area contributed by atoms with E-state index in [1.807, 2.05) is 24.3 Å². The molecule has 1 amide bonds. The fourth-order valence-electron chi connectivity index (χ4n) is 1.39. The van der Waals surface area contributed by atoms with Gasteiger partial charge in [0, 0.05) is 0 Å². The number of anilines is 1. The van der Waals surface area contributed by atoms with Gasteiger partial charge in [-0.15, -0.1) is 0 Å². The molecule has 0 saturated carbocycles. The maximum absolute atomic E-state index is 10.4. The van der Waals surface area contributed by atoms with E-state index in [1.165, 1.54) is 0 Å². The van der Waals surface area contributed by atoms with Gasteiger partial charge in [-0.05, 0) is 25.0 Å². The smallest absolute Gasteiger partial charge is 0.211 e. The molecule has 0 aliphatic rings. The molecule has 1 aromatic rings. The molecule has 3 heteroatoms. The summed E-state index contributed by atoms with van der Waals surface area (Å²) in [5, 5.41) is 2.62. The van der Waals surface area contributed by atoms with Crippen molar-refractivity contribution in [3.05, 3.63) is 24.3 Å². The Labute approximate surface area is 90.4 Å². The number of hydrogen-bond acceptors (Lipinski definition) is 2. The Morgan fingerprint density at radius 2 is 2.00 bits per heavy atom. The van der Waals surface area contributed by atoms with Gasteiger partial charge in [-0.1, -0.05) is 26.0 Å². The molecule has 0 bridgehead atoms. The molecule has 0 atom stereocenters. The molecule has 0 spiro atoms. The van der Waals surface area contributed by atoms with Crippen LogP contribution in [0.2, 0.25) is 0 Å². The van der Waals surface area contributed by atoms with E-state index in [1.54, 1.807) is 0 Å². The lowest BCUT2D eigenvalue weighted by Crippen LogP contribution is -2.14. The van der Waals surface area contributed by atoms with Gasteiger partial charge < -0.3 is 10.1 Å². The molecule has 0 aliphatic heterocycles. The highest BCUT2D eigenvalue weighted by molar-refractivity contribution is 5.75. The van der Waals surface area contributed by atoms with E-state index in [0.717, 1.165) is 24.3 Å². The van der Waals surface area contributed by atoms with E-state index in [0.29, 0.717) is 6.41 Å². The Morgan fingerprint density at radius 3 is 2.60 bits per heavy atom.